The average Bonchev–Trinajstić information content (AvgIpc) is 3.68. The van der Waals surface area contributed by atoms with Crippen molar-refractivity contribution in [3.05, 3.63) is 71.9 Å². The Labute approximate surface area is 221 Å². The highest BCUT2D eigenvalue weighted by Gasteiger charge is 2.23. The summed E-state index contributed by atoms with van der Waals surface area (Å²) in [4.78, 5) is 12.6. The van der Waals surface area contributed by atoms with Crippen molar-refractivity contribution in [1.82, 2.24) is 34.1 Å². The van der Waals surface area contributed by atoms with Crippen LogP contribution in [0, 0.1) is 6.92 Å². The first-order chi connectivity index (χ1) is 18.6. The SMILES string of the molecule is CCn1c(Cn2cccn2)nc2c(N3CCOCC3)cc(-n3nc(-c4cccc(C)c4)cc3COC)nc21. The van der Waals surface area contributed by atoms with Gasteiger partial charge in [0, 0.05) is 50.8 Å². The van der Waals surface area contributed by atoms with Crippen molar-refractivity contribution in [3.63, 3.8) is 0 Å². The van der Waals surface area contributed by atoms with Gasteiger partial charge in [-0.3, -0.25) is 4.68 Å². The lowest BCUT2D eigenvalue weighted by atomic mass is 10.1. The number of ether oxygens (including phenoxy) is 2. The molecule has 1 aliphatic heterocycles. The molecule has 0 spiro atoms. The fraction of sp³-hybridized carbons (Fsp3) is 0.357. The van der Waals surface area contributed by atoms with E-state index in [0.29, 0.717) is 26.4 Å². The van der Waals surface area contributed by atoms with Gasteiger partial charge < -0.3 is 18.9 Å². The Hall–Kier alpha value is -4.02. The van der Waals surface area contributed by atoms with Gasteiger partial charge in [-0.1, -0.05) is 23.8 Å². The Bertz CT molecular complexity index is 1550. The largest absolute Gasteiger partial charge is 0.378 e. The van der Waals surface area contributed by atoms with Gasteiger partial charge in [-0.25, -0.2) is 14.6 Å². The van der Waals surface area contributed by atoms with Gasteiger partial charge in [0.05, 0.1) is 43.4 Å². The van der Waals surface area contributed by atoms with E-state index in [1.165, 1.54) is 5.56 Å². The minimum absolute atomic E-state index is 0.420. The summed E-state index contributed by atoms with van der Waals surface area (Å²) in [5, 5.41) is 9.41. The molecule has 1 aliphatic rings. The maximum Gasteiger partial charge on any atom is 0.164 e. The number of hydrogen-bond donors (Lipinski definition) is 0. The van der Waals surface area contributed by atoms with Crippen LogP contribution < -0.4 is 4.90 Å². The Morgan fingerprint density at radius 1 is 1.05 bits per heavy atom. The van der Waals surface area contributed by atoms with E-state index in [1.807, 2.05) is 21.6 Å². The molecule has 0 amide bonds. The van der Waals surface area contributed by atoms with Crippen LogP contribution in [0.2, 0.25) is 0 Å². The maximum absolute atomic E-state index is 5.65. The van der Waals surface area contributed by atoms with Crippen LogP contribution in [0.1, 0.15) is 24.0 Å². The zero-order chi connectivity index (χ0) is 26.1. The van der Waals surface area contributed by atoms with Crippen LogP contribution in [-0.2, 0) is 29.2 Å². The van der Waals surface area contributed by atoms with Crippen molar-refractivity contribution in [2.45, 2.75) is 33.5 Å². The van der Waals surface area contributed by atoms with Crippen molar-refractivity contribution < 1.29 is 9.47 Å². The molecule has 0 radical (unpaired) electrons. The monoisotopic (exact) mass is 512 g/mol. The molecular formula is C28H32N8O2. The van der Waals surface area contributed by atoms with Gasteiger partial charge in [0.1, 0.15) is 11.3 Å². The first kappa shape index (κ1) is 24.3. The number of fused-ring (bicyclic) bond motifs is 1. The van der Waals surface area contributed by atoms with Crippen molar-refractivity contribution in [1.29, 1.82) is 0 Å². The van der Waals surface area contributed by atoms with E-state index in [4.69, 9.17) is 24.5 Å². The molecule has 0 bridgehead atoms. The number of aromatic nitrogens is 7. The molecule has 10 nitrogen and oxygen atoms in total. The topological polar surface area (TPSA) is 88.1 Å². The van der Waals surface area contributed by atoms with Crippen molar-refractivity contribution in [2.75, 3.05) is 38.3 Å². The summed E-state index contributed by atoms with van der Waals surface area (Å²) >= 11 is 0. The summed E-state index contributed by atoms with van der Waals surface area (Å²) in [6, 6.07) is 14.5. The third-order valence-corrected chi connectivity index (χ3v) is 6.89. The minimum atomic E-state index is 0.420. The summed E-state index contributed by atoms with van der Waals surface area (Å²) in [7, 11) is 1.70. The molecular weight excluding hydrogens is 480 g/mol. The Morgan fingerprint density at radius 2 is 1.92 bits per heavy atom. The standard InChI is InChI=1S/C28H32N8O2/c1-4-35-26(18-34-10-6-9-29-34)30-27-24(33-11-13-38-14-12-33)17-25(31-28(27)35)36-22(19-37-3)16-23(32-36)21-8-5-7-20(2)15-21/h5-10,15-17H,4,11-14,18-19H2,1-3H3. The van der Waals surface area contributed by atoms with Crippen LogP contribution in [0.4, 0.5) is 5.69 Å². The molecule has 1 saturated heterocycles. The first-order valence-corrected chi connectivity index (χ1v) is 13.0. The number of morpholine rings is 1. The van der Waals surface area contributed by atoms with E-state index < -0.39 is 0 Å². The highest BCUT2D eigenvalue weighted by atomic mass is 16.5. The molecule has 5 heterocycles. The summed E-state index contributed by atoms with van der Waals surface area (Å²) in [5.41, 5.74) is 6.84. The van der Waals surface area contributed by atoms with Crippen LogP contribution in [0.5, 0.6) is 0 Å². The zero-order valence-corrected chi connectivity index (χ0v) is 22.0. The van der Waals surface area contributed by atoms with Gasteiger partial charge in [0.15, 0.2) is 11.5 Å². The number of aryl methyl sites for hydroxylation is 2. The highest BCUT2D eigenvalue weighted by Crippen LogP contribution is 2.31. The fourth-order valence-electron chi connectivity index (χ4n) is 5.07. The molecule has 4 aromatic heterocycles. The molecule has 10 heteroatoms. The number of imidazole rings is 1. The summed E-state index contributed by atoms with van der Waals surface area (Å²) in [6.07, 6.45) is 3.74. The van der Waals surface area contributed by atoms with E-state index in [1.54, 1.807) is 13.3 Å². The maximum atomic E-state index is 5.65. The van der Waals surface area contributed by atoms with Gasteiger partial charge in [-0.2, -0.15) is 10.2 Å². The number of rotatable bonds is 8. The normalized spacial score (nSPS) is 14.0. The van der Waals surface area contributed by atoms with Gasteiger partial charge in [0.25, 0.3) is 0 Å². The quantitative estimate of drug-likeness (QED) is 0.312. The third kappa shape index (κ3) is 4.57. The number of hydrogen-bond acceptors (Lipinski definition) is 7. The predicted octanol–water partition coefficient (Wildman–Crippen LogP) is 3.84. The summed E-state index contributed by atoms with van der Waals surface area (Å²) < 4.78 is 17.2. The number of methoxy groups -OCH3 is 1. The van der Waals surface area contributed by atoms with Crippen LogP contribution >= 0.6 is 0 Å². The van der Waals surface area contributed by atoms with Gasteiger partial charge in [-0.05, 0) is 32.0 Å². The van der Waals surface area contributed by atoms with Crippen molar-refractivity contribution in [3.8, 4) is 17.1 Å². The number of anilines is 1. The van der Waals surface area contributed by atoms with E-state index >= 15 is 0 Å². The molecule has 1 fully saturated rings. The van der Waals surface area contributed by atoms with Crippen LogP contribution in [0.25, 0.3) is 28.2 Å². The van der Waals surface area contributed by atoms with Crippen molar-refractivity contribution >= 4 is 16.9 Å². The third-order valence-electron chi connectivity index (χ3n) is 6.89. The lowest BCUT2D eigenvalue weighted by Crippen LogP contribution is -2.36. The second kappa shape index (κ2) is 10.4. The Balaban J connectivity index is 1.53. The van der Waals surface area contributed by atoms with E-state index in [-0.39, 0.29) is 0 Å². The lowest BCUT2D eigenvalue weighted by molar-refractivity contribution is 0.123. The van der Waals surface area contributed by atoms with Crippen LogP contribution in [0.15, 0.2) is 54.9 Å². The number of nitrogens with zero attached hydrogens (tertiary/aromatic N) is 8. The Kier molecular flexibility index (Phi) is 6.65. The molecule has 0 saturated carbocycles. The summed E-state index contributed by atoms with van der Waals surface area (Å²) in [5.74, 6) is 1.66. The fourth-order valence-corrected chi connectivity index (χ4v) is 5.07. The molecule has 1 aromatic carbocycles. The first-order valence-electron chi connectivity index (χ1n) is 13.0. The number of pyridine rings is 1. The second-order valence-electron chi connectivity index (χ2n) is 9.48. The molecule has 5 aromatic rings. The van der Waals surface area contributed by atoms with E-state index in [9.17, 15) is 0 Å². The highest BCUT2D eigenvalue weighted by molar-refractivity contribution is 5.88. The lowest BCUT2D eigenvalue weighted by Gasteiger charge is -2.29. The molecule has 0 unspecified atom stereocenters. The molecule has 0 N–H and O–H groups in total. The zero-order valence-electron chi connectivity index (χ0n) is 22.0. The summed E-state index contributed by atoms with van der Waals surface area (Å²) in [6.45, 7) is 8.90. The predicted molar refractivity (Wildman–Crippen MR) is 146 cm³/mol. The van der Waals surface area contributed by atoms with Crippen LogP contribution in [-0.4, -0.2) is 67.5 Å². The molecule has 38 heavy (non-hydrogen) atoms. The van der Waals surface area contributed by atoms with Gasteiger partial charge in [-0.15, -0.1) is 0 Å². The minimum Gasteiger partial charge on any atom is -0.378 e. The average molecular weight is 513 g/mol. The van der Waals surface area contributed by atoms with E-state index in [2.05, 4.69) is 64.8 Å². The molecule has 0 aliphatic carbocycles. The molecule has 196 valence electrons. The molecule has 6 rings (SSSR count). The molecule has 0 atom stereocenters. The second-order valence-corrected chi connectivity index (χ2v) is 9.48. The smallest absolute Gasteiger partial charge is 0.164 e. The van der Waals surface area contributed by atoms with E-state index in [0.717, 1.165) is 65.1 Å². The van der Waals surface area contributed by atoms with Crippen molar-refractivity contribution in [2.24, 2.45) is 0 Å². The van der Waals surface area contributed by atoms with Crippen LogP contribution in [0.3, 0.4) is 0 Å². The number of benzene rings is 1. The Morgan fingerprint density at radius 3 is 2.66 bits per heavy atom. The van der Waals surface area contributed by atoms with Gasteiger partial charge in [0.2, 0.25) is 0 Å². The van der Waals surface area contributed by atoms with Gasteiger partial charge >= 0.3 is 0 Å².